The molecular formula is C45H46O3S2. The Morgan fingerprint density at radius 3 is 1.74 bits per heavy atom. The van der Waals surface area contributed by atoms with Crippen LogP contribution < -0.4 is 14.2 Å². The average molecular weight is 699 g/mol. The van der Waals surface area contributed by atoms with Gasteiger partial charge in [-0.2, -0.15) is 0 Å². The van der Waals surface area contributed by atoms with E-state index in [1.165, 1.54) is 49.4 Å². The van der Waals surface area contributed by atoms with Crippen molar-refractivity contribution in [1.29, 1.82) is 0 Å². The minimum atomic E-state index is -0.867. The third-order valence-corrected chi connectivity index (χ3v) is 13.0. The lowest BCUT2D eigenvalue weighted by Crippen LogP contribution is -2.44. The summed E-state index contributed by atoms with van der Waals surface area (Å²) < 4.78 is 18.9. The standard InChI is InChI=1S/C45H46O3S2/c1-42(2)25-43(3,4)27-44(26-42)36-12-10-9-11-32(36)39-34-23-37(49-7)38(50-8)24-35(34)41-33(40(39)44)21-22-45(48-41,28-13-17-30(46-5)18-14-28)29-15-19-31(47-6)20-16-29/h9-24H,25-27H2,1-8H3. The molecular weight excluding hydrogens is 653 g/mol. The quantitative estimate of drug-likeness (QED) is 0.165. The van der Waals surface area contributed by atoms with E-state index in [-0.39, 0.29) is 16.2 Å². The van der Waals surface area contributed by atoms with Gasteiger partial charge in [0, 0.05) is 37.3 Å². The van der Waals surface area contributed by atoms with Crippen LogP contribution in [-0.4, -0.2) is 26.7 Å². The lowest BCUT2D eigenvalue weighted by atomic mass is 9.52. The molecule has 1 heterocycles. The Bertz CT molecular complexity index is 2100. The molecule has 1 aliphatic heterocycles. The molecule has 1 fully saturated rings. The van der Waals surface area contributed by atoms with Gasteiger partial charge in [0.25, 0.3) is 0 Å². The van der Waals surface area contributed by atoms with E-state index in [1.54, 1.807) is 26.0 Å². The molecule has 256 valence electrons. The number of ether oxygens (including phenoxy) is 3. The molecule has 8 rings (SSSR count). The summed E-state index contributed by atoms with van der Waals surface area (Å²) in [6.45, 7) is 9.91. The molecule has 5 heteroatoms. The minimum Gasteiger partial charge on any atom is -0.497 e. The third-order valence-electron chi connectivity index (χ3n) is 11.3. The number of hydrogen-bond acceptors (Lipinski definition) is 5. The summed E-state index contributed by atoms with van der Waals surface area (Å²) in [7, 11) is 3.42. The van der Waals surface area contributed by atoms with Crippen LogP contribution in [0.25, 0.3) is 28.0 Å². The number of thioether (sulfide) groups is 2. The van der Waals surface area contributed by atoms with Crippen molar-refractivity contribution in [3.05, 3.63) is 119 Å². The molecule has 0 saturated heterocycles. The van der Waals surface area contributed by atoms with Crippen molar-refractivity contribution < 1.29 is 14.2 Å². The largest absolute Gasteiger partial charge is 0.497 e. The van der Waals surface area contributed by atoms with E-state index in [0.717, 1.165) is 46.6 Å². The molecule has 0 atom stereocenters. The van der Waals surface area contributed by atoms with Crippen molar-refractivity contribution in [2.45, 2.75) is 67.8 Å². The maximum absolute atomic E-state index is 7.70. The molecule has 1 spiro atoms. The number of benzene rings is 5. The van der Waals surface area contributed by atoms with Gasteiger partial charge in [0.1, 0.15) is 17.2 Å². The molecule has 2 aliphatic carbocycles. The van der Waals surface area contributed by atoms with Gasteiger partial charge >= 0.3 is 0 Å². The van der Waals surface area contributed by atoms with Crippen molar-refractivity contribution in [3.63, 3.8) is 0 Å². The Balaban J connectivity index is 1.49. The second kappa shape index (κ2) is 11.9. The lowest BCUT2D eigenvalue weighted by Gasteiger charge is -2.52. The summed E-state index contributed by atoms with van der Waals surface area (Å²) in [6, 6.07) is 30.8. The Morgan fingerprint density at radius 2 is 1.20 bits per heavy atom. The maximum Gasteiger partial charge on any atom is 0.178 e. The molecule has 0 N–H and O–H groups in total. The summed E-state index contributed by atoms with van der Waals surface area (Å²) in [6.07, 6.45) is 12.5. The summed E-state index contributed by atoms with van der Waals surface area (Å²) in [4.78, 5) is 2.57. The Morgan fingerprint density at radius 1 is 0.660 bits per heavy atom. The van der Waals surface area contributed by atoms with E-state index in [1.807, 2.05) is 36.0 Å². The van der Waals surface area contributed by atoms with Crippen molar-refractivity contribution in [1.82, 2.24) is 0 Å². The number of fused-ring (bicyclic) bond motifs is 10. The van der Waals surface area contributed by atoms with E-state index >= 15 is 0 Å². The molecule has 0 bridgehead atoms. The van der Waals surface area contributed by atoms with Crippen LogP contribution in [0.3, 0.4) is 0 Å². The number of hydrogen-bond donors (Lipinski definition) is 0. The van der Waals surface area contributed by atoms with Gasteiger partial charge in [0.2, 0.25) is 0 Å². The van der Waals surface area contributed by atoms with Crippen LogP contribution in [0, 0.1) is 10.8 Å². The fourth-order valence-corrected chi connectivity index (χ4v) is 11.6. The zero-order valence-corrected chi connectivity index (χ0v) is 32.0. The second-order valence-electron chi connectivity index (χ2n) is 15.9. The summed E-state index contributed by atoms with van der Waals surface area (Å²) >= 11 is 3.63. The highest BCUT2D eigenvalue weighted by Crippen LogP contribution is 2.67. The van der Waals surface area contributed by atoms with Crippen LogP contribution >= 0.6 is 23.5 Å². The molecule has 0 unspecified atom stereocenters. The van der Waals surface area contributed by atoms with Gasteiger partial charge in [-0.05, 0) is 113 Å². The van der Waals surface area contributed by atoms with Crippen molar-refractivity contribution in [3.8, 4) is 28.4 Å². The van der Waals surface area contributed by atoms with Gasteiger partial charge in [-0.25, -0.2) is 0 Å². The monoisotopic (exact) mass is 698 g/mol. The van der Waals surface area contributed by atoms with Crippen molar-refractivity contribution >= 4 is 40.4 Å². The van der Waals surface area contributed by atoms with Gasteiger partial charge in [-0.15, -0.1) is 23.5 Å². The lowest BCUT2D eigenvalue weighted by molar-refractivity contribution is 0.0642. The van der Waals surface area contributed by atoms with Gasteiger partial charge in [-0.1, -0.05) is 82.3 Å². The number of rotatable bonds is 6. The van der Waals surface area contributed by atoms with E-state index in [0.29, 0.717) is 0 Å². The topological polar surface area (TPSA) is 27.7 Å². The Hall–Kier alpha value is -3.80. The first-order chi connectivity index (χ1) is 24.0. The Kier molecular flexibility index (Phi) is 7.93. The molecule has 5 aromatic carbocycles. The molecule has 3 nitrogen and oxygen atoms in total. The summed E-state index contributed by atoms with van der Waals surface area (Å²) in [5, 5.41) is 2.44. The fraction of sp³-hybridized carbons (Fsp3) is 0.333. The van der Waals surface area contributed by atoms with E-state index < -0.39 is 5.60 Å². The van der Waals surface area contributed by atoms with Crippen LogP contribution in [0.4, 0.5) is 0 Å². The normalized spacial score (nSPS) is 18.6. The van der Waals surface area contributed by atoms with Crippen LogP contribution in [0.2, 0.25) is 0 Å². The molecule has 0 aromatic heterocycles. The van der Waals surface area contributed by atoms with Crippen LogP contribution in [0.5, 0.6) is 17.2 Å². The van der Waals surface area contributed by atoms with Gasteiger partial charge in [0.15, 0.2) is 5.60 Å². The molecule has 3 aliphatic rings. The Labute approximate surface area is 305 Å². The van der Waals surface area contributed by atoms with Crippen molar-refractivity contribution in [2.24, 2.45) is 10.8 Å². The molecule has 0 radical (unpaired) electrons. The highest BCUT2D eigenvalue weighted by atomic mass is 32.2. The second-order valence-corrected chi connectivity index (χ2v) is 17.6. The highest BCUT2D eigenvalue weighted by Gasteiger charge is 2.55. The molecule has 5 aromatic rings. The van der Waals surface area contributed by atoms with E-state index in [2.05, 4.69) is 113 Å². The van der Waals surface area contributed by atoms with Crippen molar-refractivity contribution in [2.75, 3.05) is 26.7 Å². The highest BCUT2D eigenvalue weighted by molar-refractivity contribution is 8.01. The van der Waals surface area contributed by atoms with Gasteiger partial charge < -0.3 is 14.2 Å². The first-order valence-electron chi connectivity index (χ1n) is 17.5. The zero-order valence-electron chi connectivity index (χ0n) is 30.4. The number of methoxy groups -OCH3 is 2. The van der Waals surface area contributed by atoms with Crippen LogP contribution in [0.15, 0.2) is 101 Å². The first kappa shape index (κ1) is 33.3. The summed E-state index contributed by atoms with van der Waals surface area (Å²) in [5.74, 6) is 2.60. The predicted octanol–water partition coefficient (Wildman–Crippen LogP) is 12.2. The SMILES string of the molecule is COc1ccc(C2(c3ccc(OC)cc3)C=Cc3c4c(c5cc(SC)c(SC)cc5c3O2)-c2ccccc2C42CC(C)(C)CC(C)(C)C2)cc1. The third kappa shape index (κ3) is 5.02. The predicted molar refractivity (Wildman–Crippen MR) is 212 cm³/mol. The average Bonchev–Trinajstić information content (AvgIpc) is 3.38. The van der Waals surface area contributed by atoms with Gasteiger partial charge in [0.05, 0.1) is 14.2 Å². The molecule has 50 heavy (non-hydrogen) atoms. The summed E-state index contributed by atoms with van der Waals surface area (Å²) in [5.41, 5.74) is 8.32. The molecule has 0 amide bonds. The fourth-order valence-electron chi connectivity index (χ4n) is 10.1. The maximum atomic E-state index is 7.70. The smallest absolute Gasteiger partial charge is 0.178 e. The molecule has 1 saturated carbocycles. The van der Waals surface area contributed by atoms with Crippen LogP contribution in [-0.2, 0) is 11.0 Å². The first-order valence-corrected chi connectivity index (χ1v) is 20.0. The van der Waals surface area contributed by atoms with Gasteiger partial charge in [-0.3, -0.25) is 0 Å². The van der Waals surface area contributed by atoms with E-state index in [9.17, 15) is 0 Å². The zero-order chi connectivity index (χ0) is 35.1. The van der Waals surface area contributed by atoms with Crippen LogP contribution in [0.1, 0.15) is 74.8 Å². The van der Waals surface area contributed by atoms with E-state index in [4.69, 9.17) is 14.2 Å². The minimum absolute atomic E-state index is 0.138.